The van der Waals surface area contributed by atoms with Crippen molar-refractivity contribution in [3.63, 3.8) is 0 Å². The fourth-order valence-corrected chi connectivity index (χ4v) is 1.01. The van der Waals surface area contributed by atoms with Gasteiger partial charge in [0.25, 0.3) is 0 Å². The number of morpholine rings is 1. The van der Waals surface area contributed by atoms with Gasteiger partial charge in [0.05, 0.1) is 12.7 Å². The molecule has 1 fully saturated rings. The maximum absolute atomic E-state index is 5.41. The molecule has 4 heteroatoms. The molecule has 0 aromatic heterocycles. The summed E-state index contributed by atoms with van der Waals surface area (Å²) in [6.45, 7) is 3.50. The van der Waals surface area contributed by atoms with E-state index in [1.807, 2.05) is 0 Å². The predicted octanol–water partition coefficient (Wildman–Crippen LogP) is -0.303. The SMILES string of the molecule is CN1CCOC(CN)C1.Cl. The van der Waals surface area contributed by atoms with Crippen molar-refractivity contribution in [3.05, 3.63) is 0 Å². The van der Waals surface area contributed by atoms with Gasteiger partial charge in [-0.2, -0.15) is 0 Å². The van der Waals surface area contributed by atoms with Crippen molar-refractivity contribution in [1.82, 2.24) is 4.90 Å². The number of rotatable bonds is 1. The molecule has 0 aromatic carbocycles. The van der Waals surface area contributed by atoms with E-state index >= 15 is 0 Å². The van der Waals surface area contributed by atoms with Crippen LogP contribution in [0.2, 0.25) is 0 Å². The van der Waals surface area contributed by atoms with Gasteiger partial charge >= 0.3 is 0 Å². The van der Waals surface area contributed by atoms with Gasteiger partial charge in [-0.3, -0.25) is 0 Å². The van der Waals surface area contributed by atoms with Crippen molar-refractivity contribution in [3.8, 4) is 0 Å². The fourth-order valence-electron chi connectivity index (χ4n) is 1.01. The van der Waals surface area contributed by atoms with Crippen LogP contribution in [0.3, 0.4) is 0 Å². The number of nitrogens with zero attached hydrogens (tertiary/aromatic N) is 1. The first-order valence-electron chi connectivity index (χ1n) is 3.33. The van der Waals surface area contributed by atoms with Crippen molar-refractivity contribution in [1.29, 1.82) is 0 Å². The molecular formula is C6H15ClN2O. The van der Waals surface area contributed by atoms with Gasteiger partial charge in [0.2, 0.25) is 0 Å². The van der Waals surface area contributed by atoms with Gasteiger partial charge in [0.15, 0.2) is 0 Å². The largest absolute Gasteiger partial charge is 0.374 e. The Morgan fingerprint density at radius 2 is 2.40 bits per heavy atom. The highest BCUT2D eigenvalue weighted by Crippen LogP contribution is 1.99. The zero-order chi connectivity index (χ0) is 6.69. The van der Waals surface area contributed by atoms with Crippen LogP contribution in [0.4, 0.5) is 0 Å². The van der Waals surface area contributed by atoms with E-state index in [0.717, 1.165) is 19.7 Å². The molecule has 0 spiro atoms. The van der Waals surface area contributed by atoms with E-state index in [0.29, 0.717) is 6.54 Å². The maximum Gasteiger partial charge on any atom is 0.0824 e. The molecule has 2 N–H and O–H groups in total. The number of likely N-dealkylation sites (N-methyl/N-ethyl adjacent to an activating group) is 1. The molecule has 0 saturated carbocycles. The van der Waals surface area contributed by atoms with Crippen LogP contribution in [0, 0.1) is 0 Å². The lowest BCUT2D eigenvalue weighted by Crippen LogP contribution is -2.43. The predicted molar refractivity (Wildman–Crippen MR) is 43.5 cm³/mol. The first-order chi connectivity index (χ1) is 4.33. The minimum absolute atomic E-state index is 0. The summed E-state index contributed by atoms with van der Waals surface area (Å²) >= 11 is 0. The van der Waals surface area contributed by atoms with E-state index in [-0.39, 0.29) is 18.5 Å². The quantitative estimate of drug-likeness (QED) is 0.581. The third-order valence-corrected chi connectivity index (χ3v) is 1.60. The van der Waals surface area contributed by atoms with Crippen LogP contribution < -0.4 is 5.73 Å². The third-order valence-electron chi connectivity index (χ3n) is 1.60. The van der Waals surface area contributed by atoms with E-state index < -0.39 is 0 Å². The molecule has 0 aromatic rings. The van der Waals surface area contributed by atoms with Crippen molar-refractivity contribution < 1.29 is 4.74 Å². The van der Waals surface area contributed by atoms with Crippen molar-refractivity contribution in [2.24, 2.45) is 5.73 Å². The molecule has 1 aliphatic rings. The zero-order valence-electron chi connectivity index (χ0n) is 6.25. The topological polar surface area (TPSA) is 38.5 Å². The first-order valence-corrected chi connectivity index (χ1v) is 3.33. The van der Waals surface area contributed by atoms with Crippen LogP contribution in [-0.4, -0.2) is 44.3 Å². The molecule has 0 amide bonds. The normalized spacial score (nSPS) is 27.6. The van der Waals surface area contributed by atoms with Gasteiger partial charge < -0.3 is 15.4 Å². The lowest BCUT2D eigenvalue weighted by molar-refractivity contribution is -0.0138. The Labute approximate surface area is 67.9 Å². The molecule has 1 rings (SSSR count). The van der Waals surface area contributed by atoms with E-state index in [2.05, 4.69) is 11.9 Å². The molecule has 1 saturated heterocycles. The minimum atomic E-state index is 0. The summed E-state index contributed by atoms with van der Waals surface area (Å²) in [4.78, 5) is 2.24. The molecule has 62 valence electrons. The highest BCUT2D eigenvalue weighted by Gasteiger charge is 2.14. The second-order valence-corrected chi connectivity index (χ2v) is 2.49. The number of ether oxygens (including phenoxy) is 1. The van der Waals surface area contributed by atoms with Crippen LogP contribution >= 0.6 is 12.4 Å². The maximum atomic E-state index is 5.41. The number of halogens is 1. The Hall–Kier alpha value is 0.170. The molecule has 0 bridgehead atoms. The molecule has 1 unspecified atom stereocenters. The lowest BCUT2D eigenvalue weighted by atomic mass is 10.3. The molecule has 3 nitrogen and oxygen atoms in total. The smallest absolute Gasteiger partial charge is 0.0824 e. The lowest BCUT2D eigenvalue weighted by Gasteiger charge is -2.28. The zero-order valence-corrected chi connectivity index (χ0v) is 7.06. The van der Waals surface area contributed by atoms with Crippen molar-refractivity contribution in [2.75, 3.05) is 33.3 Å². The van der Waals surface area contributed by atoms with Crippen LogP contribution in [0.5, 0.6) is 0 Å². The Morgan fingerprint density at radius 3 is 2.80 bits per heavy atom. The Bertz CT molecular complexity index is 91.8. The molecule has 1 aliphatic heterocycles. The van der Waals surface area contributed by atoms with Crippen molar-refractivity contribution in [2.45, 2.75) is 6.10 Å². The standard InChI is InChI=1S/C6H14N2O.ClH/c1-8-2-3-9-6(4-7)5-8;/h6H,2-5,7H2,1H3;1H. The van der Waals surface area contributed by atoms with Crippen molar-refractivity contribution >= 4 is 12.4 Å². The minimum Gasteiger partial charge on any atom is -0.374 e. The molecule has 10 heavy (non-hydrogen) atoms. The summed E-state index contributed by atoms with van der Waals surface area (Å²) in [5, 5.41) is 0. The molecule has 1 atom stereocenters. The third kappa shape index (κ3) is 2.84. The first kappa shape index (κ1) is 10.2. The van der Waals surface area contributed by atoms with Gasteiger partial charge in [-0.25, -0.2) is 0 Å². The van der Waals surface area contributed by atoms with Gasteiger partial charge in [0.1, 0.15) is 0 Å². The summed E-state index contributed by atoms with van der Waals surface area (Å²) in [5.41, 5.74) is 5.41. The molecular weight excluding hydrogens is 152 g/mol. The average molecular weight is 167 g/mol. The van der Waals surface area contributed by atoms with Crippen LogP contribution in [0.25, 0.3) is 0 Å². The molecule has 1 heterocycles. The summed E-state index contributed by atoms with van der Waals surface area (Å²) < 4.78 is 5.33. The van der Waals surface area contributed by atoms with Crippen LogP contribution in [0.15, 0.2) is 0 Å². The van der Waals surface area contributed by atoms with Gasteiger partial charge in [-0.15, -0.1) is 12.4 Å². The summed E-state index contributed by atoms with van der Waals surface area (Å²) in [6.07, 6.45) is 0.267. The van der Waals surface area contributed by atoms with Gasteiger partial charge in [-0.05, 0) is 7.05 Å². The van der Waals surface area contributed by atoms with Crippen LogP contribution in [-0.2, 0) is 4.74 Å². The van der Waals surface area contributed by atoms with Gasteiger partial charge in [0, 0.05) is 19.6 Å². The van der Waals surface area contributed by atoms with Crippen LogP contribution in [0.1, 0.15) is 0 Å². The van der Waals surface area contributed by atoms with E-state index in [9.17, 15) is 0 Å². The monoisotopic (exact) mass is 166 g/mol. The summed E-state index contributed by atoms with van der Waals surface area (Å²) in [7, 11) is 2.09. The van der Waals surface area contributed by atoms with E-state index in [1.165, 1.54) is 0 Å². The molecule has 0 radical (unpaired) electrons. The Morgan fingerprint density at radius 1 is 1.70 bits per heavy atom. The highest BCUT2D eigenvalue weighted by atomic mass is 35.5. The Kier molecular flexibility index (Phi) is 4.99. The number of hydrogen-bond acceptors (Lipinski definition) is 3. The average Bonchev–Trinajstić information content (AvgIpc) is 1.88. The second kappa shape index (κ2) is 4.91. The van der Waals surface area contributed by atoms with E-state index in [4.69, 9.17) is 10.5 Å². The second-order valence-electron chi connectivity index (χ2n) is 2.49. The fraction of sp³-hybridized carbons (Fsp3) is 1.00. The summed E-state index contributed by atoms with van der Waals surface area (Å²) in [6, 6.07) is 0. The number of nitrogens with two attached hydrogens (primary N) is 1. The van der Waals surface area contributed by atoms with Gasteiger partial charge in [-0.1, -0.05) is 0 Å². The number of hydrogen-bond donors (Lipinski definition) is 1. The summed E-state index contributed by atoms with van der Waals surface area (Å²) in [5.74, 6) is 0. The molecule has 0 aliphatic carbocycles. The Balaban J connectivity index is 0.000000810. The van der Waals surface area contributed by atoms with E-state index in [1.54, 1.807) is 0 Å². The highest BCUT2D eigenvalue weighted by molar-refractivity contribution is 5.85.